The van der Waals surface area contributed by atoms with Crippen LogP contribution in [0.25, 0.3) is 11.5 Å². The number of aryl methyl sites for hydroxylation is 1. The number of nitrogens with zero attached hydrogens (tertiary/aromatic N) is 4. The fourth-order valence-corrected chi connectivity index (χ4v) is 4.09. The number of aromatic nitrogens is 3. The van der Waals surface area contributed by atoms with E-state index in [0.29, 0.717) is 35.7 Å². The Morgan fingerprint density at radius 2 is 2.14 bits per heavy atom. The summed E-state index contributed by atoms with van der Waals surface area (Å²) in [7, 11) is 1.88. The largest absolute Gasteiger partial charge is 0.439 e. The standard InChI is InChI=1S/C18H16N4O3.C8H16N4/c23-9-8-22-11-20-14-7-6-13(21-16(14)18(22)24)15-10-19-17(25-15)12-4-2-1-3-5-12;1-10-5-7(9)4-8-6-11-2-3-12-8/h1-5,9-11,13,21H,6-8H2;4,10-11H,2-3,5-6,9H2,1H3/b;7-4-. The number of rotatable bonds is 7. The summed E-state index contributed by atoms with van der Waals surface area (Å²) < 4.78 is 7.17. The van der Waals surface area contributed by atoms with Crippen molar-refractivity contribution in [3.05, 3.63) is 76.4 Å². The molecule has 0 aliphatic carbocycles. The Kier molecular flexibility index (Phi) is 8.95. The zero-order valence-electron chi connectivity index (χ0n) is 20.8. The lowest BCUT2D eigenvalue weighted by atomic mass is 10.0. The van der Waals surface area contributed by atoms with E-state index in [0.717, 1.165) is 49.6 Å². The molecule has 11 heteroatoms. The predicted molar refractivity (Wildman–Crippen MR) is 143 cm³/mol. The number of carbonyl (C=O) groups excluding carboxylic acids is 1. The maximum atomic E-state index is 12.5. The molecule has 5 rings (SSSR count). The van der Waals surface area contributed by atoms with Crippen LogP contribution in [0.1, 0.15) is 23.9 Å². The third-order valence-corrected chi connectivity index (χ3v) is 5.91. The molecule has 2 aliphatic heterocycles. The van der Waals surface area contributed by atoms with Crippen LogP contribution in [0.4, 0.5) is 5.69 Å². The molecule has 1 aromatic carbocycles. The number of nitrogens with two attached hydrogens (primary N) is 1. The number of nitrogens with one attached hydrogen (secondary N) is 3. The molecule has 0 fully saturated rings. The second kappa shape index (κ2) is 12.7. The Morgan fingerprint density at radius 3 is 2.86 bits per heavy atom. The van der Waals surface area contributed by atoms with Gasteiger partial charge in [-0.3, -0.25) is 14.4 Å². The predicted octanol–water partition coefficient (Wildman–Crippen LogP) is 1.29. The summed E-state index contributed by atoms with van der Waals surface area (Å²) in [4.78, 5) is 36.1. The minimum absolute atomic E-state index is 0.00801. The van der Waals surface area contributed by atoms with Crippen molar-refractivity contribution < 1.29 is 9.21 Å². The number of fused-ring (bicyclic) bond motifs is 1. The van der Waals surface area contributed by atoms with Crippen molar-refractivity contribution in [1.82, 2.24) is 25.2 Å². The molecule has 194 valence electrons. The average molecular weight is 505 g/mol. The van der Waals surface area contributed by atoms with E-state index >= 15 is 0 Å². The summed E-state index contributed by atoms with van der Waals surface area (Å²) in [6.45, 7) is 3.39. The lowest BCUT2D eigenvalue weighted by molar-refractivity contribution is -0.108. The van der Waals surface area contributed by atoms with Crippen molar-refractivity contribution in [3.8, 4) is 11.5 Å². The van der Waals surface area contributed by atoms with E-state index < -0.39 is 0 Å². The third-order valence-electron chi connectivity index (χ3n) is 5.91. The van der Waals surface area contributed by atoms with Gasteiger partial charge in [0.15, 0.2) is 0 Å². The van der Waals surface area contributed by atoms with Crippen molar-refractivity contribution >= 4 is 17.7 Å². The number of hydrogen-bond donors (Lipinski definition) is 4. The molecule has 4 heterocycles. The number of anilines is 1. The highest BCUT2D eigenvalue weighted by Crippen LogP contribution is 2.31. The van der Waals surface area contributed by atoms with Gasteiger partial charge in [-0.1, -0.05) is 18.2 Å². The lowest BCUT2D eigenvalue weighted by Gasteiger charge is -2.24. The molecule has 0 amide bonds. The number of aldehydes is 1. The van der Waals surface area contributed by atoms with Crippen LogP contribution in [0.5, 0.6) is 0 Å². The van der Waals surface area contributed by atoms with Crippen LogP contribution in [0, 0.1) is 0 Å². The van der Waals surface area contributed by atoms with Crippen molar-refractivity contribution in [2.75, 3.05) is 38.5 Å². The van der Waals surface area contributed by atoms with E-state index in [9.17, 15) is 9.59 Å². The highest BCUT2D eigenvalue weighted by Gasteiger charge is 2.26. The summed E-state index contributed by atoms with van der Waals surface area (Å²) >= 11 is 0. The minimum atomic E-state index is -0.246. The van der Waals surface area contributed by atoms with Crippen molar-refractivity contribution in [2.45, 2.75) is 25.4 Å². The van der Waals surface area contributed by atoms with Gasteiger partial charge in [0, 0.05) is 30.9 Å². The fourth-order valence-electron chi connectivity index (χ4n) is 4.09. The van der Waals surface area contributed by atoms with Gasteiger partial charge in [0.05, 0.1) is 43.1 Å². The number of aliphatic imine (C=N–C) groups is 1. The molecule has 0 spiro atoms. The monoisotopic (exact) mass is 504 g/mol. The minimum Gasteiger partial charge on any atom is -0.439 e. The molecule has 0 saturated carbocycles. The Balaban J connectivity index is 0.000000225. The Bertz CT molecular complexity index is 1310. The number of carbonyl (C=O) groups is 1. The van der Waals surface area contributed by atoms with Crippen LogP contribution in [0.3, 0.4) is 0 Å². The van der Waals surface area contributed by atoms with E-state index in [1.807, 2.05) is 43.5 Å². The smallest absolute Gasteiger partial charge is 0.277 e. The quantitative estimate of drug-likeness (QED) is 0.349. The molecule has 1 atom stereocenters. The summed E-state index contributed by atoms with van der Waals surface area (Å²) in [5, 5.41) is 9.42. The van der Waals surface area contributed by atoms with Crippen LogP contribution in [-0.4, -0.2) is 59.8 Å². The summed E-state index contributed by atoms with van der Waals surface area (Å²) in [5.74, 6) is 1.22. The molecule has 3 aromatic rings. The van der Waals surface area contributed by atoms with E-state index in [1.165, 1.54) is 10.9 Å². The van der Waals surface area contributed by atoms with Gasteiger partial charge in [-0.25, -0.2) is 9.97 Å². The topological polar surface area (TPSA) is 152 Å². The van der Waals surface area contributed by atoms with Crippen LogP contribution in [0.15, 0.2) is 68.8 Å². The Morgan fingerprint density at radius 1 is 1.30 bits per heavy atom. The van der Waals surface area contributed by atoms with Gasteiger partial charge in [-0.05, 0) is 38.1 Å². The van der Waals surface area contributed by atoms with Gasteiger partial charge in [-0.2, -0.15) is 0 Å². The van der Waals surface area contributed by atoms with Gasteiger partial charge >= 0.3 is 0 Å². The average Bonchev–Trinajstić information content (AvgIpc) is 3.42. The molecule has 5 N–H and O–H groups in total. The van der Waals surface area contributed by atoms with Gasteiger partial charge in [0.25, 0.3) is 5.56 Å². The normalized spacial score (nSPS) is 17.1. The van der Waals surface area contributed by atoms with Gasteiger partial charge in [-0.15, -0.1) is 0 Å². The highest BCUT2D eigenvalue weighted by atomic mass is 16.4. The lowest BCUT2D eigenvalue weighted by Crippen LogP contribution is -2.30. The van der Waals surface area contributed by atoms with Crippen LogP contribution < -0.4 is 27.2 Å². The molecule has 0 saturated heterocycles. The first-order valence-corrected chi connectivity index (χ1v) is 12.2. The summed E-state index contributed by atoms with van der Waals surface area (Å²) in [6.07, 6.45) is 7.12. The van der Waals surface area contributed by atoms with E-state index in [1.54, 1.807) is 6.20 Å². The second-order valence-corrected chi connectivity index (χ2v) is 8.66. The third kappa shape index (κ3) is 6.78. The van der Waals surface area contributed by atoms with Gasteiger partial charge in [0.1, 0.15) is 17.7 Å². The molecule has 2 aromatic heterocycles. The van der Waals surface area contributed by atoms with E-state index in [-0.39, 0.29) is 18.1 Å². The first-order chi connectivity index (χ1) is 18.1. The van der Waals surface area contributed by atoms with E-state index in [4.69, 9.17) is 10.2 Å². The molecule has 0 bridgehead atoms. The van der Waals surface area contributed by atoms with Crippen LogP contribution >= 0.6 is 0 Å². The molecular weight excluding hydrogens is 472 g/mol. The molecule has 1 unspecified atom stereocenters. The maximum Gasteiger partial charge on any atom is 0.277 e. The molecule has 0 radical (unpaired) electrons. The first-order valence-electron chi connectivity index (χ1n) is 12.2. The second-order valence-electron chi connectivity index (χ2n) is 8.66. The number of benzene rings is 1. The van der Waals surface area contributed by atoms with Crippen molar-refractivity contribution in [2.24, 2.45) is 10.7 Å². The maximum absolute atomic E-state index is 12.5. The van der Waals surface area contributed by atoms with Crippen molar-refractivity contribution in [3.63, 3.8) is 0 Å². The molecular formula is C26H32N8O3. The number of oxazole rings is 1. The summed E-state index contributed by atoms with van der Waals surface area (Å²) in [5.41, 5.74) is 9.39. The van der Waals surface area contributed by atoms with E-state index in [2.05, 4.69) is 30.9 Å². The van der Waals surface area contributed by atoms with Gasteiger partial charge in [0.2, 0.25) is 5.89 Å². The molecule has 37 heavy (non-hydrogen) atoms. The fraction of sp³-hybridized carbons (Fsp3) is 0.346. The zero-order chi connectivity index (χ0) is 26.0. The summed E-state index contributed by atoms with van der Waals surface area (Å²) in [6, 6.07) is 9.50. The SMILES string of the molecule is CNC/C(N)=C/C1=NCCNC1.O=CCn1cnc2c(c1=O)NC(c1cnc(-c3ccccc3)o1)CC2. The molecule has 11 nitrogen and oxygen atoms in total. The van der Waals surface area contributed by atoms with Gasteiger partial charge < -0.3 is 30.9 Å². The zero-order valence-corrected chi connectivity index (χ0v) is 20.8. The van der Waals surface area contributed by atoms with Crippen molar-refractivity contribution in [1.29, 1.82) is 0 Å². The number of hydrogen-bond acceptors (Lipinski definition) is 10. The Labute approximate surface area is 214 Å². The number of likely N-dealkylation sites (N-methyl/N-ethyl adjacent to an activating group) is 1. The first kappa shape index (κ1) is 26.0. The Hall–Kier alpha value is -4.09. The van der Waals surface area contributed by atoms with Crippen LogP contribution in [-0.2, 0) is 17.8 Å². The highest BCUT2D eigenvalue weighted by molar-refractivity contribution is 5.97. The van der Waals surface area contributed by atoms with Crippen LogP contribution in [0.2, 0.25) is 0 Å². The molecule has 2 aliphatic rings.